The number of aryl methyl sites for hydroxylation is 1. The molecule has 3 aromatic rings. The molecule has 0 amide bonds. The molecule has 5 rings (SSSR count). The Bertz CT molecular complexity index is 1290. The minimum Gasteiger partial charge on any atom is -0.495 e. The first-order chi connectivity index (χ1) is 15.9. The predicted octanol–water partition coefficient (Wildman–Crippen LogP) is 4.36. The van der Waals surface area contributed by atoms with Crippen molar-refractivity contribution in [2.45, 2.75) is 19.6 Å². The summed E-state index contributed by atoms with van der Waals surface area (Å²) in [5.74, 6) is -0.171. The van der Waals surface area contributed by atoms with E-state index in [1.807, 2.05) is 46.9 Å². The molecule has 1 aromatic heterocycles. The SMILES string of the molecule is COc1cc(C=C2OCCN3C2=NOC3(C)c2ccc(F)c(F)c2)ccc1-n1cnc(C)c1. The van der Waals surface area contributed by atoms with Crippen molar-refractivity contribution in [3.8, 4) is 11.4 Å². The van der Waals surface area contributed by atoms with Crippen LogP contribution in [0.1, 0.15) is 23.7 Å². The molecule has 3 heterocycles. The fourth-order valence-corrected chi connectivity index (χ4v) is 4.04. The number of hydrogen-bond donors (Lipinski definition) is 0. The van der Waals surface area contributed by atoms with Crippen molar-refractivity contribution in [2.75, 3.05) is 20.3 Å². The quantitative estimate of drug-likeness (QED) is 0.589. The van der Waals surface area contributed by atoms with Gasteiger partial charge in [0.2, 0.25) is 11.6 Å². The lowest BCUT2D eigenvalue weighted by molar-refractivity contribution is -0.0969. The van der Waals surface area contributed by atoms with Crippen molar-refractivity contribution in [3.05, 3.63) is 83.1 Å². The molecule has 1 fully saturated rings. The van der Waals surface area contributed by atoms with Crippen LogP contribution in [0.2, 0.25) is 0 Å². The molecule has 7 nitrogen and oxygen atoms in total. The number of fused-ring (bicyclic) bond motifs is 1. The molecule has 0 spiro atoms. The van der Waals surface area contributed by atoms with Crippen LogP contribution in [0.4, 0.5) is 8.78 Å². The Morgan fingerprint density at radius 1 is 1.15 bits per heavy atom. The molecular weight excluding hydrogens is 430 g/mol. The molecule has 2 aliphatic rings. The summed E-state index contributed by atoms with van der Waals surface area (Å²) in [5.41, 5.74) is 1.99. The van der Waals surface area contributed by atoms with Gasteiger partial charge < -0.3 is 23.8 Å². The lowest BCUT2D eigenvalue weighted by Gasteiger charge is -2.37. The number of nitrogens with zero attached hydrogens (tertiary/aromatic N) is 4. The minimum atomic E-state index is -1.08. The van der Waals surface area contributed by atoms with Gasteiger partial charge in [-0.05, 0) is 48.9 Å². The van der Waals surface area contributed by atoms with Gasteiger partial charge in [-0.2, -0.15) is 0 Å². The van der Waals surface area contributed by atoms with Gasteiger partial charge in [0.1, 0.15) is 12.4 Å². The van der Waals surface area contributed by atoms with Gasteiger partial charge in [-0.25, -0.2) is 13.8 Å². The van der Waals surface area contributed by atoms with Crippen molar-refractivity contribution in [1.82, 2.24) is 14.5 Å². The number of benzene rings is 2. The molecule has 1 unspecified atom stereocenters. The lowest BCUT2D eigenvalue weighted by atomic mass is 10.0. The molecule has 9 heteroatoms. The third kappa shape index (κ3) is 3.59. The second kappa shape index (κ2) is 7.91. The van der Waals surface area contributed by atoms with Crippen LogP contribution in [0.3, 0.4) is 0 Å². The van der Waals surface area contributed by atoms with Crippen LogP contribution in [-0.2, 0) is 15.3 Å². The summed E-state index contributed by atoms with van der Waals surface area (Å²) < 4.78 is 40.7. The van der Waals surface area contributed by atoms with E-state index in [0.29, 0.717) is 36.1 Å². The second-order valence-electron chi connectivity index (χ2n) is 7.98. The number of methoxy groups -OCH3 is 1. The van der Waals surface area contributed by atoms with E-state index in [0.717, 1.165) is 29.1 Å². The number of rotatable bonds is 4. The first-order valence-electron chi connectivity index (χ1n) is 10.4. The second-order valence-corrected chi connectivity index (χ2v) is 7.98. The number of imidazole rings is 1. The van der Waals surface area contributed by atoms with E-state index >= 15 is 0 Å². The third-order valence-corrected chi connectivity index (χ3v) is 5.82. The van der Waals surface area contributed by atoms with Crippen LogP contribution >= 0.6 is 0 Å². The molecule has 0 saturated carbocycles. The smallest absolute Gasteiger partial charge is 0.234 e. The number of hydrogen-bond acceptors (Lipinski definition) is 6. The maximum absolute atomic E-state index is 13.9. The standard InChI is InChI=1S/C24H22F2N4O3/c1-15-13-29(14-27-15)20-7-4-16(10-21(20)31-3)11-22-23-28-33-24(2,30(23)8-9-32-22)17-5-6-18(25)19(26)12-17/h4-7,10-14H,8-9H2,1-3H3. The van der Waals surface area contributed by atoms with Crippen LogP contribution in [0.5, 0.6) is 5.75 Å². The summed E-state index contributed by atoms with van der Waals surface area (Å²) in [6, 6.07) is 9.48. The summed E-state index contributed by atoms with van der Waals surface area (Å²) >= 11 is 0. The van der Waals surface area contributed by atoms with Crippen LogP contribution in [0.15, 0.2) is 59.8 Å². The molecule has 1 saturated heterocycles. The van der Waals surface area contributed by atoms with Gasteiger partial charge in [-0.1, -0.05) is 11.2 Å². The highest BCUT2D eigenvalue weighted by atomic mass is 19.2. The zero-order chi connectivity index (χ0) is 23.2. The Kier molecular flexibility index (Phi) is 5.03. The normalized spacial score (nSPS) is 20.8. The number of oxime groups is 1. The molecule has 1 atom stereocenters. The van der Waals surface area contributed by atoms with Crippen molar-refractivity contribution < 1.29 is 23.1 Å². The number of halogens is 2. The van der Waals surface area contributed by atoms with Crippen LogP contribution in [-0.4, -0.2) is 40.5 Å². The van der Waals surface area contributed by atoms with Gasteiger partial charge in [0.15, 0.2) is 17.4 Å². The van der Waals surface area contributed by atoms with Crippen molar-refractivity contribution in [2.24, 2.45) is 5.16 Å². The molecule has 170 valence electrons. The van der Waals surface area contributed by atoms with Crippen LogP contribution in [0.25, 0.3) is 11.8 Å². The van der Waals surface area contributed by atoms with E-state index in [9.17, 15) is 8.78 Å². The van der Waals surface area contributed by atoms with Crippen LogP contribution in [0, 0.1) is 18.6 Å². The maximum atomic E-state index is 13.9. The third-order valence-electron chi connectivity index (χ3n) is 5.82. The van der Waals surface area contributed by atoms with E-state index < -0.39 is 17.4 Å². The van der Waals surface area contributed by atoms with E-state index in [1.165, 1.54) is 6.07 Å². The molecule has 0 radical (unpaired) electrons. The Morgan fingerprint density at radius 3 is 2.73 bits per heavy atom. The average Bonchev–Trinajstić information content (AvgIpc) is 3.40. The van der Waals surface area contributed by atoms with Crippen molar-refractivity contribution in [1.29, 1.82) is 0 Å². The zero-order valence-electron chi connectivity index (χ0n) is 18.4. The summed E-state index contributed by atoms with van der Waals surface area (Å²) in [4.78, 5) is 11.9. The van der Waals surface area contributed by atoms with Crippen molar-refractivity contribution in [3.63, 3.8) is 0 Å². The molecule has 2 aromatic carbocycles. The molecule has 0 aliphatic carbocycles. The molecule has 33 heavy (non-hydrogen) atoms. The number of amidine groups is 1. The molecular formula is C24H22F2N4O3. The van der Waals surface area contributed by atoms with Gasteiger partial charge >= 0.3 is 0 Å². The Balaban J connectivity index is 1.46. The van der Waals surface area contributed by atoms with E-state index in [2.05, 4.69) is 10.1 Å². The van der Waals surface area contributed by atoms with Crippen LogP contribution < -0.4 is 4.74 Å². The van der Waals surface area contributed by atoms with Crippen molar-refractivity contribution >= 4 is 11.9 Å². The summed E-state index contributed by atoms with van der Waals surface area (Å²) in [7, 11) is 1.61. The monoisotopic (exact) mass is 452 g/mol. The van der Waals surface area contributed by atoms with E-state index in [-0.39, 0.29) is 0 Å². The van der Waals surface area contributed by atoms with Gasteiger partial charge in [0.25, 0.3) is 0 Å². The predicted molar refractivity (Wildman–Crippen MR) is 118 cm³/mol. The highest BCUT2D eigenvalue weighted by molar-refractivity contribution is 6.01. The Morgan fingerprint density at radius 2 is 2.00 bits per heavy atom. The highest BCUT2D eigenvalue weighted by Crippen LogP contribution is 2.39. The minimum absolute atomic E-state index is 0.386. The van der Waals surface area contributed by atoms with E-state index in [1.54, 1.807) is 20.4 Å². The Labute approximate surface area is 189 Å². The van der Waals surface area contributed by atoms with Gasteiger partial charge in [0.05, 0.1) is 31.4 Å². The Hall–Kier alpha value is -3.88. The fourth-order valence-electron chi connectivity index (χ4n) is 4.04. The summed E-state index contributed by atoms with van der Waals surface area (Å²) in [5, 5.41) is 4.22. The largest absolute Gasteiger partial charge is 0.495 e. The van der Waals surface area contributed by atoms with E-state index in [4.69, 9.17) is 14.3 Å². The number of ether oxygens (including phenoxy) is 2. The molecule has 0 bridgehead atoms. The highest BCUT2D eigenvalue weighted by Gasteiger charge is 2.47. The topological polar surface area (TPSA) is 61.1 Å². The maximum Gasteiger partial charge on any atom is 0.234 e. The average molecular weight is 452 g/mol. The number of morpholine rings is 1. The first kappa shape index (κ1) is 21.0. The van der Waals surface area contributed by atoms with Gasteiger partial charge in [0, 0.05) is 18.7 Å². The van der Waals surface area contributed by atoms with Gasteiger partial charge in [-0.3, -0.25) is 0 Å². The zero-order valence-corrected chi connectivity index (χ0v) is 18.4. The summed E-state index contributed by atoms with van der Waals surface area (Å²) in [6.45, 7) is 4.56. The molecule has 0 N–H and O–H groups in total. The number of aromatic nitrogens is 2. The fraction of sp³-hybridized carbons (Fsp3) is 0.250. The van der Waals surface area contributed by atoms with Gasteiger partial charge in [-0.15, -0.1) is 0 Å². The first-order valence-corrected chi connectivity index (χ1v) is 10.4. The lowest BCUT2D eigenvalue weighted by Crippen LogP contribution is -2.49. The summed E-state index contributed by atoms with van der Waals surface area (Å²) in [6.07, 6.45) is 5.50. The molecule has 2 aliphatic heterocycles.